The molecule has 1 atom stereocenters. The Kier molecular flexibility index (Phi) is 6.14. The van der Waals surface area contributed by atoms with E-state index in [0.717, 1.165) is 80.8 Å². The standard InChI is InChI=1S/C27H34FN3O2/c1-29-14-16-30(17-15-29)25-9-6-23(28)19-21(25)18-20-10-13-31(26(20)32)24-7-4-22(5-8-24)27(33)11-2-3-12-27/h4-9,19-20,33H,2-3,10-18H2,1H3. The van der Waals surface area contributed by atoms with E-state index in [1.165, 1.54) is 6.07 Å². The molecule has 0 aromatic heterocycles. The summed E-state index contributed by atoms with van der Waals surface area (Å²) in [6, 6.07) is 12.9. The minimum atomic E-state index is -0.715. The van der Waals surface area contributed by atoms with Gasteiger partial charge in [-0.3, -0.25) is 4.79 Å². The Morgan fingerprint density at radius 1 is 1.00 bits per heavy atom. The van der Waals surface area contributed by atoms with Crippen molar-refractivity contribution in [2.24, 2.45) is 5.92 Å². The van der Waals surface area contributed by atoms with Crippen LogP contribution in [0.4, 0.5) is 15.8 Å². The molecule has 2 saturated heterocycles. The van der Waals surface area contributed by atoms with Gasteiger partial charge in [0.2, 0.25) is 5.91 Å². The smallest absolute Gasteiger partial charge is 0.230 e. The van der Waals surface area contributed by atoms with Gasteiger partial charge in [0.25, 0.3) is 0 Å². The van der Waals surface area contributed by atoms with Crippen molar-refractivity contribution in [1.29, 1.82) is 0 Å². The van der Waals surface area contributed by atoms with Crippen molar-refractivity contribution >= 4 is 17.3 Å². The van der Waals surface area contributed by atoms with Gasteiger partial charge >= 0.3 is 0 Å². The van der Waals surface area contributed by atoms with E-state index in [2.05, 4.69) is 16.8 Å². The van der Waals surface area contributed by atoms with Crippen LogP contribution in [0.5, 0.6) is 0 Å². The number of rotatable bonds is 5. The number of hydrogen-bond donors (Lipinski definition) is 1. The number of carbonyl (C=O) groups excluding carboxylic acids is 1. The Balaban J connectivity index is 1.30. The van der Waals surface area contributed by atoms with E-state index in [0.29, 0.717) is 13.0 Å². The predicted octanol–water partition coefficient (Wildman–Crippen LogP) is 3.93. The number of amides is 1. The van der Waals surface area contributed by atoms with E-state index in [-0.39, 0.29) is 17.6 Å². The lowest BCUT2D eigenvalue weighted by Crippen LogP contribution is -2.44. The number of aliphatic hydroxyl groups is 1. The second-order valence-electron chi connectivity index (χ2n) is 10.0. The molecule has 2 aromatic carbocycles. The normalized spacial score (nSPS) is 23.5. The van der Waals surface area contributed by atoms with Crippen LogP contribution in [0.25, 0.3) is 0 Å². The minimum absolute atomic E-state index is 0.107. The molecule has 0 radical (unpaired) electrons. The Morgan fingerprint density at radius 2 is 1.70 bits per heavy atom. The number of nitrogens with zero attached hydrogens (tertiary/aromatic N) is 3. The zero-order chi connectivity index (χ0) is 23.0. The third-order valence-electron chi connectivity index (χ3n) is 7.82. The van der Waals surface area contributed by atoms with Crippen LogP contribution in [0.2, 0.25) is 0 Å². The van der Waals surface area contributed by atoms with Gasteiger partial charge in [-0.2, -0.15) is 0 Å². The Labute approximate surface area is 195 Å². The summed E-state index contributed by atoms with van der Waals surface area (Å²) in [5, 5.41) is 10.8. The third kappa shape index (κ3) is 4.51. The molecule has 1 amide bonds. The predicted molar refractivity (Wildman–Crippen MR) is 129 cm³/mol. The van der Waals surface area contributed by atoms with E-state index in [1.54, 1.807) is 6.07 Å². The molecule has 3 fully saturated rings. The average Bonchev–Trinajstić information content (AvgIpc) is 3.42. The van der Waals surface area contributed by atoms with Crippen molar-refractivity contribution < 1.29 is 14.3 Å². The number of piperazine rings is 1. The second kappa shape index (κ2) is 9.07. The number of hydrogen-bond acceptors (Lipinski definition) is 4. The second-order valence-corrected chi connectivity index (χ2v) is 10.0. The molecule has 1 N–H and O–H groups in total. The molecule has 6 heteroatoms. The van der Waals surface area contributed by atoms with Gasteiger partial charge in [0.05, 0.1) is 5.60 Å². The molecule has 33 heavy (non-hydrogen) atoms. The Hall–Kier alpha value is -2.44. The maximum atomic E-state index is 14.1. The molecule has 176 valence electrons. The number of benzene rings is 2. The fourth-order valence-corrected chi connectivity index (χ4v) is 5.72. The van der Waals surface area contributed by atoms with Crippen LogP contribution in [-0.4, -0.2) is 55.7 Å². The molecule has 2 aromatic rings. The lowest BCUT2D eigenvalue weighted by Gasteiger charge is -2.35. The Bertz CT molecular complexity index is 995. The fraction of sp³-hybridized carbons (Fsp3) is 0.519. The van der Waals surface area contributed by atoms with Crippen molar-refractivity contribution in [2.75, 3.05) is 49.6 Å². The fourth-order valence-electron chi connectivity index (χ4n) is 5.72. The van der Waals surface area contributed by atoms with E-state index >= 15 is 0 Å². The van der Waals surface area contributed by atoms with Crippen LogP contribution >= 0.6 is 0 Å². The van der Waals surface area contributed by atoms with Crippen molar-refractivity contribution in [1.82, 2.24) is 4.90 Å². The summed E-state index contributed by atoms with van der Waals surface area (Å²) < 4.78 is 14.1. The number of carbonyl (C=O) groups is 1. The van der Waals surface area contributed by atoms with Gasteiger partial charge in [-0.15, -0.1) is 0 Å². The SMILES string of the molecule is CN1CCN(c2ccc(F)cc2CC2CCN(c3ccc(C4(O)CCCC4)cc3)C2=O)CC1. The molecule has 1 aliphatic carbocycles. The first-order valence-electron chi connectivity index (χ1n) is 12.3. The first-order valence-corrected chi connectivity index (χ1v) is 12.3. The highest BCUT2D eigenvalue weighted by atomic mass is 19.1. The molecule has 1 saturated carbocycles. The molecular weight excluding hydrogens is 417 g/mol. The highest BCUT2D eigenvalue weighted by Gasteiger charge is 2.35. The zero-order valence-corrected chi connectivity index (χ0v) is 19.5. The molecule has 2 heterocycles. The monoisotopic (exact) mass is 451 g/mol. The summed E-state index contributed by atoms with van der Waals surface area (Å²) >= 11 is 0. The summed E-state index contributed by atoms with van der Waals surface area (Å²) in [6.45, 7) is 4.47. The molecular formula is C27H34FN3O2. The average molecular weight is 452 g/mol. The van der Waals surface area contributed by atoms with E-state index in [1.807, 2.05) is 35.2 Å². The zero-order valence-electron chi connectivity index (χ0n) is 19.5. The molecule has 0 bridgehead atoms. The maximum Gasteiger partial charge on any atom is 0.230 e. The van der Waals surface area contributed by atoms with Crippen molar-refractivity contribution in [2.45, 2.75) is 44.1 Å². The lowest BCUT2D eigenvalue weighted by molar-refractivity contribution is -0.120. The molecule has 5 nitrogen and oxygen atoms in total. The summed E-state index contributed by atoms with van der Waals surface area (Å²) in [6.07, 6.45) is 5.05. The maximum absolute atomic E-state index is 14.1. The third-order valence-corrected chi connectivity index (χ3v) is 7.82. The van der Waals surface area contributed by atoms with Gasteiger partial charge in [-0.1, -0.05) is 25.0 Å². The van der Waals surface area contributed by atoms with Gasteiger partial charge in [-0.25, -0.2) is 4.39 Å². The summed E-state index contributed by atoms with van der Waals surface area (Å²) in [7, 11) is 2.12. The van der Waals surface area contributed by atoms with Crippen LogP contribution in [0, 0.1) is 11.7 Å². The van der Waals surface area contributed by atoms with Gasteiger partial charge in [0.15, 0.2) is 0 Å². The highest BCUT2D eigenvalue weighted by Crippen LogP contribution is 2.39. The van der Waals surface area contributed by atoms with Crippen molar-refractivity contribution in [3.05, 3.63) is 59.4 Å². The molecule has 3 aliphatic rings. The lowest BCUT2D eigenvalue weighted by atomic mass is 9.92. The van der Waals surface area contributed by atoms with Crippen LogP contribution in [0.3, 0.4) is 0 Å². The van der Waals surface area contributed by atoms with Gasteiger partial charge < -0.3 is 19.8 Å². The van der Waals surface area contributed by atoms with E-state index < -0.39 is 5.60 Å². The van der Waals surface area contributed by atoms with Gasteiger partial charge in [-0.05, 0) is 74.2 Å². The number of halogens is 1. The number of anilines is 2. The largest absolute Gasteiger partial charge is 0.385 e. The first-order chi connectivity index (χ1) is 15.9. The number of likely N-dealkylation sites (N-methyl/N-ethyl adjacent to an activating group) is 1. The van der Waals surface area contributed by atoms with Gasteiger partial charge in [0, 0.05) is 50.0 Å². The summed E-state index contributed by atoms with van der Waals surface area (Å²) in [5.41, 5.74) is 3.10. The van der Waals surface area contributed by atoms with Crippen molar-refractivity contribution in [3.63, 3.8) is 0 Å². The van der Waals surface area contributed by atoms with Crippen molar-refractivity contribution in [3.8, 4) is 0 Å². The van der Waals surface area contributed by atoms with Crippen LogP contribution in [0.1, 0.15) is 43.2 Å². The van der Waals surface area contributed by atoms with Crippen LogP contribution in [0.15, 0.2) is 42.5 Å². The summed E-state index contributed by atoms with van der Waals surface area (Å²) in [5.74, 6) is -0.279. The summed E-state index contributed by atoms with van der Waals surface area (Å²) in [4.78, 5) is 19.8. The topological polar surface area (TPSA) is 47.0 Å². The Morgan fingerprint density at radius 3 is 2.39 bits per heavy atom. The van der Waals surface area contributed by atoms with Gasteiger partial charge in [0.1, 0.15) is 5.82 Å². The molecule has 2 aliphatic heterocycles. The minimum Gasteiger partial charge on any atom is -0.385 e. The van der Waals surface area contributed by atoms with E-state index in [4.69, 9.17) is 0 Å². The molecule has 1 unspecified atom stereocenters. The van der Waals surface area contributed by atoms with Crippen LogP contribution < -0.4 is 9.80 Å². The molecule has 0 spiro atoms. The quantitative estimate of drug-likeness (QED) is 0.748. The first kappa shape index (κ1) is 22.4. The van der Waals surface area contributed by atoms with E-state index in [9.17, 15) is 14.3 Å². The highest BCUT2D eigenvalue weighted by molar-refractivity contribution is 5.97. The molecule has 5 rings (SSSR count). The van der Waals surface area contributed by atoms with Crippen LogP contribution in [-0.2, 0) is 16.8 Å².